The monoisotopic (exact) mass is 301 g/mol. The summed E-state index contributed by atoms with van der Waals surface area (Å²) in [5.41, 5.74) is 2.05. The summed E-state index contributed by atoms with van der Waals surface area (Å²) in [4.78, 5) is 2.20. The van der Waals surface area contributed by atoms with Gasteiger partial charge >= 0.3 is 0 Å². The number of sulfonamides is 1. The highest BCUT2D eigenvalue weighted by Crippen LogP contribution is 2.23. The summed E-state index contributed by atoms with van der Waals surface area (Å²) in [5.74, 6) is 0.848. The molecule has 1 aliphatic rings. The van der Waals surface area contributed by atoms with Crippen LogP contribution in [-0.2, 0) is 23.0 Å². The molecule has 1 saturated heterocycles. The molecule has 1 aliphatic heterocycles. The van der Waals surface area contributed by atoms with Gasteiger partial charge in [-0.1, -0.05) is 18.5 Å². The van der Waals surface area contributed by atoms with Crippen LogP contribution in [0.2, 0.25) is 0 Å². The van der Waals surface area contributed by atoms with Gasteiger partial charge in [-0.05, 0) is 32.7 Å². The second-order valence-corrected chi connectivity index (χ2v) is 7.13. The number of likely N-dealkylation sites (tertiary alicyclic amines) is 1. The summed E-state index contributed by atoms with van der Waals surface area (Å²) in [5, 5.41) is 9.26. The van der Waals surface area contributed by atoms with E-state index in [4.69, 9.17) is 9.66 Å². The van der Waals surface area contributed by atoms with E-state index in [0.717, 1.165) is 49.2 Å². The van der Waals surface area contributed by atoms with Gasteiger partial charge in [0.05, 0.1) is 11.4 Å². The van der Waals surface area contributed by atoms with Crippen molar-refractivity contribution in [2.75, 3.05) is 12.3 Å². The molecule has 1 aromatic heterocycles. The van der Waals surface area contributed by atoms with Crippen LogP contribution in [0.3, 0.4) is 0 Å². The summed E-state index contributed by atoms with van der Waals surface area (Å²) >= 11 is 0. The zero-order valence-electron chi connectivity index (χ0n) is 12.1. The summed E-state index contributed by atoms with van der Waals surface area (Å²) < 4.78 is 28.0. The van der Waals surface area contributed by atoms with Crippen LogP contribution in [0.15, 0.2) is 4.52 Å². The highest BCUT2D eigenvalue weighted by Gasteiger charge is 2.27. The quantitative estimate of drug-likeness (QED) is 0.882. The second kappa shape index (κ2) is 6.24. The number of piperidine rings is 1. The SMILES string of the molecule is CCc1noc(C)c1CN1CCCCC1CS(N)(=O)=O. The molecule has 7 heteroatoms. The summed E-state index contributed by atoms with van der Waals surface area (Å²) in [6.45, 7) is 5.53. The van der Waals surface area contributed by atoms with E-state index in [9.17, 15) is 8.42 Å². The normalized spacial score (nSPS) is 21.2. The molecule has 0 radical (unpaired) electrons. The molecule has 2 N–H and O–H groups in total. The van der Waals surface area contributed by atoms with Crippen LogP contribution in [0, 0.1) is 6.92 Å². The number of hydrogen-bond donors (Lipinski definition) is 1. The molecular formula is C13H23N3O3S. The van der Waals surface area contributed by atoms with Crippen LogP contribution in [0.1, 0.15) is 43.2 Å². The number of aromatic nitrogens is 1. The molecule has 1 atom stereocenters. The van der Waals surface area contributed by atoms with E-state index >= 15 is 0 Å². The molecule has 0 aliphatic carbocycles. The molecule has 1 unspecified atom stereocenters. The van der Waals surface area contributed by atoms with E-state index in [1.165, 1.54) is 0 Å². The van der Waals surface area contributed by atoms with E-state index < -0.39 is 10.0 Å². The maximum atomic E-state index is 11.4. The fourth-order valence-corrected chi connectivity index (χ4v) is 3.76. The molecule has 2 heterocycles. The maximum Gasteiger partial charge on any atom is 0.210 e. The minimum atomic E-state index is -3.44. The van der Waals surface area contributed by atoms with E-state index in [1.54, 1.807) is 0 Å². The van der Waals surface area contributed by atoms with Crippen molar-refractivity contribution in [2.24, 2.45) is 5.14 Å². The van der Waals surface area contributed by atoms with Gasteiger partial charge in [0, 0.05) is 18.2 Å². The Labute approximate surface area is 120 Å². The van der Waals surface area contributed by atoms with Gasteiger partial charge in [-0.3, -0.25) is 4.90 Å². The minimum absolute atomic E-state index is 0.00208. The first-order valence-corrected chi connectivity index (χ1v) is 8.80. The van der Waals surface area contributed by atoms with Crippen molar-refractivity contribution in [3.63, 3.8) is 0 Å². The molecule has 114 valence electrons. The van der Waals surface area contributed by atoms with E-state index in [0.29, 0.717) is 6.54 Å². The summed E-state index contributed by atoms with van der Waals surface area (Å²) in [6.07, 6.45) is 3.84. The van der Waals surface area contributed by atoms with Crippen molar-refractivity contribution >= 4 is 10.0 Å². The van der Waals surface area contributed by atoms with E-state index in [1.807, 2.05) is 13.8 Å². The number of rotatable bonds is 5. The third-order valence-electron chi connectivity index (χ3n) is 3.94. The Balaban J connectivity index is 2.14. The predicted octanol–water partition coefficient (Wildman–Crippen LogP) is 1.19. The molecule has 0 bridgehead atoms. The van der Waals surface area contributed by atoms with Crippen LogP contribution < -0.4 is 5.14 Å². The van der Waals surface area contributed by atoms with Crippen LogP contribution in [-0.4, -0.2) is 36.8 Å². The van der Waals surface area contributed by atoms with Gasteiger partial charge in [-0.25, -0.2) is 13.6 Å². The first-order chi connectivity index (χ1) is 9.40. The van der Waals surface area contributed by atoms with Crippen molar-refractivity contribution in [1.82, 2.24) is 10.1 Å². The van der Waals surface area contributed by atoms with Crippen molar-refractivity contribution in [1.29, 1.82) is 0 Å². The molecule has 2 rings (SSSR count). The number of aryl methyl sites for hydroxylation is 2. The molecule has 20 heavy (non-hydrogen) atoms. The molecule has 0 spiro atoms. The number of hydrogen-bond acceptors (Lipinski definition) is 5. The fraction of sp³-hybridized carbons (Fsp3) is 0.769. The average molecular weight is 301 g/mol. The molecule has 0 aromatic carbocycles. The molecule has 1 fully saturated rings. The molecular weight excluding hydrogens is 278 g/mol. The summed E-state index contributed by atoms with van der Waals surface area (Å²) in [6, 6.07) is -0.00208. The van der Waals surface area contributed by atoms with Crippen molar-refractivity contribution in [3.8, 4) is 0 Å². The minimum Gasteiger partial charge on any atom is -0.361 e. The predicted molar refractivity (Wildman–Crippen MR) is 76.6 cm³/mol. The molecule has 1 aromatic rings. The third-order valence-corrected chi connectivity index (χ3v) is 4.79. The zero-order chi connectivity index (χ0) is 14.8. The lowest BCUT2D eigenvalue weighted by Crippen LogP contribution is -2.44. The molecule has 0 saturated carbocycles. The summed E-state index contributed by atoms with van der Waals surface area (Å²) in [7, 11) is -3.44. The number of primary sulfonamides is 1. The van der Waals surface area contributed by atoms with Gasteiger partial charge in [0.2, 0.25) is 10.0 Å². The van der Waals surface area contributed by atoms with E-state index in [-0.39, 0.29) is 11.8 Å². The van der Waals surface area contributed by atoms with Crippen molar-refractivity contribution in [3.05, 3.63) is 17.0 Å². The Bertz CT molecular complexity index is 553. The molecule has 0 amide bonds. The number of nitrogens with zero attached hydrogens (tertiary/aromatic N) is 2. The highest BCUT2D eigenvalue weighted by atomic mass is 32.2. The smallest absolute Gasteiger partial charge is 0.210 e. The lowest BCUT2D eigenvalue weighted by atomic mass is 10.0. The first-order valence-electron chi connectivity index (χ1n) is 7.09. The zero-order valence-corrected chi connectivity index (χ0v) is 12.9. The maximum absolute atomic E-state index is 11.4. The van der Waals surface area contributed by atoms with Crippen LogP contribution in [0.5, 0.6) is 0 Å². The Morgan fingerprint density at radius 1 is 1.45 bits per heavy atom. The number of nitrogens with two attached hydrogens (primary N) is 1. The van der Waals surface area contributed by atoms with Crippen molar-refractivity contribution < 1.29 is 12.9 Å². The van der Waals surface area contributed by atoms with Gasteiger partial charge in [-0.2, -0.15) is 0 Å². The average Bonchev–Trinajstić information content (AvgIpc) is 2.71. The van der Waals surface area contributed by atoms with Crippen LogP contribution >= 0.6 is 0 Å². The Kier molecular flexibility index (Phi) is 4.82. The van der Waals surface area contributed by atoms with Gasteiger partial charge in [0.25, 0.3) is 0 Å². The standard InChI is InChI=1S/C13H23N3O3S/c1-3-13-12(10(2)19-15-13)8-16-7-5-4-6-11(16)9-20(14,17)18/h11H,3-9H2,1-2H3,(H2,14,17,18). The lowest BCUT2D eigenvalue weighted by Gasteiger charge is -2.35. The fourth-order valence-electron chi connectivity index (χ4n) is 2.85. The highest BCUT2D eigenvalue weighted by molar-refractivity contribution is 7.89. The Hall–Kier alpha value is -0.920. The Morgan fingerprint density at radius 2 is 2.20 bits per heavy atom. The van der Waals surface area contributed by atoms with Gasteiger partial charge in [0.1, 0.15) is 5.76 Å². The lowest BCUT2D eigenvalue weighted by molar-refractivity contribution is 0.153. The van der Waals surface area contributed by atoms with E-state index in [2.05, 4.69) is 10.1 Å². The van der Waals surface area contributed by atoms with Gasteiger partial charge < -0.3 is 4.52 Å². The first kappa shape index (κ1) is 15.5. The van der Waals surface area contributed by atoms with Crippen molar-refractivity contribution in [2.45, 2.75) is 52.1 Å². The third kappa shape index (κ3) is 3.80. The second-order valence-electron chi connectivity index (χ2n) is 5.47. The van der Waals surface area contributed by atoms with Crippen LogP contribution in [0.25, 0.3) is 0 Å². The Morgan fingerprint density at radius 3 is 2.85 bits per heavy atom. The largest absolute Gasteiger partial charge is 0.361 e. The topological polar surface area (TPSA) is 89.4 Å². The van der Waals surface area contributed by atoms with Gasteiger partial charge in [-0.15, -0.1) is 0 Å². The van der Waals surface area contributed by atoms with Gasteiger partial charge in [0.15, 0.2) is 0 Å². The molecule has 6 nitrogen and oxygen atoms in total. The van der Waals surface area contributed by atoms with Crippen LogP contribution in [0.4, 0.5) is 0 Å².